The largest absolute Gasteiger partial charge is 0.354 e. The van der Waals surface area contributed by atoms with Gasteiger partial charge in [-0.1, -0.05) is 35.4 Å². The van der Waals surface area contributed by atoms with E-state index in [2.05, 4.69) is 36.5 Å². The first-order valence-electron chi connectivity index (χ1n) is 8.87. The Hall–Kier alpha value is -1.70. The minimum Gasteiger partial charge on any atom is -0.354 e. The van der Waals surface area contributed by atoms with E-state index in [0.29, 0.717) is 22.8 Å². The van der Waals surface area contributed by atoms with Gasteiger partial charge < -0.3 is 5.32 Å². The van der Waals surface area contributed by atoms with Crippen molar-refractivity contribution in [3.05, 3.63) is 58.6 Å². The van der Waals surface area contributed by atoms with Crippen molar-refractivity contribution in [3.8, 4) is 0 Å². The Morgan fingerprint density at radius 2 is 1.82 bits per heavy atom. The maximum absolute atomic E-state index is 12.3. The Bertz CT molecular complexity index is 916. The summed E-state index contributed by atoms with van der Waals surface area (Å²) in [6, 6.07) is 13.3. The van der Waals surface area contributed by atoms with Crippen LogP contribution in [0.5, 0.6) is 0 Å². The van der Waals surface area contributed by atoms with Crippen molar-refractivity contribution < 1.29 is 13.2 Å². The number of nitrogens with zero attached hydrogens (tertiary/aromatic N) is 1. The standard InChI is InChI=1S/C20H25ClN2O3S2/c1-15-8-10-17(11-9-15)27-13-5-12-22-20(24)14-23(28(3,25)26)19-7-4-6-18(21)16(19)2/h4,6-11H,5,12-14H2,1-3H3,(H,22,24). The molecular weight excluding hydrogens is 416 g/mol. The van der Waals surface area contributed by atoms with Gasteiger partial charge in [-0.3, -0.25) is 9.10 Å². The lowest BCUT2D eigenvalue weighted by molar-refractivity contribution is -0.119. The highest BCUT2D eigenvalue weighted by Gasteiger charge is 2.22. The van der Waals surface area contributed by atoms with Gasteiger partial charge in [-0.15, -0.1) is 11.8 Å². The molecule has 2 rings (SSSR count). The zero-order valence-corrected chi connectivity index (χ0v) is 18.6. The molecule has 1 N–H and O–H groups in total. The van der Waals surface area contributed by atoms with E-state index < -0.39 is 10.0 Å². The molecule has 28 heavy (non-hydrogen) atoms. The van der Waals surface area contributed by atoms with Crippen LogP contribution < -0.4 is 9.62 Å². The number of anilines is 1. The summed E-state index contributed by atoms with van der Waals surface area (Å²) in [5.41, 5.74) is 2.26. The SMILES string of the molecule is Cc1ccc(SCCCNC(=O)CN(c2cccc(Cl)c2C)S(C)(=O)=O)cc1. The number of benzene rings is 2. The molecule has 8 heteroatoms. The van der Waals surface area contributed by atoms with Crippen LogP contribution in [-0.4, -0.2) is 39.4 Å². The molecule has 0 heterocycles. The molecule has 0 unspecified atom stereocenters. The molecule has 0 aliphatic heterocycles. The fourth-order valence-corrected chi connectivity index (χ4v) is 4.49. The van der Waals surface area contributed by atoms with Crippen molar-refractivity contribution in [2.75, 3.05) is 29.4 Å². The molecule has 0 aromatic heterocycles. The first-order valence-corrected chi connectivity index (χ1v) is 12.1. The normalized spacial score (nSPS) is 11.3. The van der Waals surface area contributed by atoms with Crippen LogP contribution in [0.15, 0.2) is 47.4 Å². The number of carbonyl (C=O) groups excluding carboxylic acids is 1. The smallest absolute Gasteiger partial charge is 0.240 e. The number of carbonyl (C=O) groups is 1. The van der Waals surface area contributed by atoms with Gasteiger partial charge in [0, 0.05) is 16.5 Å². The molecule has 5 nitrogen and oxygen atoms in total. The molecule has 0 aliphatic carbocycles. The van der Waals surface area contributed by atoms with E-state index in [1.807, 2.05) is 0 Å². The maximum Gasteiger partial charge on any atom is 0.240 e. The molecule has 0 fully saturated rings. The molecule has 2 aromatic carbocycles. The summed E-state index contributed by atoms with van der Waals surface area (Å²) in [6.45, 7) is 4.00. The van der Waals surface area contributed by atoms with Gasteiger partial charge in [0.15, 0.2) is 0 Å². The average Bonchev–Trinajstić information content (AvgIpc) is 2.63. The molecule has 0 spiro atoms. The zero-order valence-electron chi connectivity index (χ0n) is 16.2. The van der Waals surface area contributed by atoms with Gasteiger partial charge in [-0.2, -0.15) is 0 Å². The number of sulfonamides is 1. The summed E-state index contributed by atoms with van der Waals surface area (Å²) < 4.78 is 25.5. The second-order valence-electron chi connectivity index (χ2n) is 6.52. The highest BCUT2D eigenvalue weighted by atomic mass is 35.5. The van der Waals surface area contributed by atoms with Gasteiger partial charge in [0.2, 0.25) is 15.9 Å². The summed E-state index contributed by atoms with van der Waals surface area (Å²) in [5, 5.41) is 3.25. The number of thioether (sulfide) groups is 1. The molecule has 0 saturated carbocycles. The average molecular weight is 441 g/mol. The van der Waals surface area contributed by atoms with E-state index in [-0.39, 0.29) is 12.5 Å². The van der Waals surface area contributed by atoms with E-state index in [1.165, 1.54) is 10.5 Å². The lowest BCUT2D eigenvalue weighted by Crippen LogP contribution is -2.41. The summed E-state index contributed by atoms with van der Waals surface area (Å²) in [6.07, 6.45) is 1.87. The molecule has 0 bridgehead atoms. The van der Waals surface area contributed by atoms with Crippen LogP contribution in [0.3, 0.4) is 0 Å². The molecule has 0 atom stereocenters. The predicted molar refractivity (Wildman–Crippen MR) is 118 cm³/mol. The molecule has 0 saturated heterocycles. The summed E-state index contributed by atoms with van der Waals surface area (Å²) in [7, 11) is -3.62. The van der Waals surface area contributed by atoms with Gasteiger partial charge in [-0.25, -0.2) is 8.42 Å². The Morgan fingerprint density at radius 3 is 2.46 bits per heavy atom. The molecule has 2 aromatic rings. The summed E-state index contributed by atoms with van der Waals surface area (Å²) in [4.78, 5) is 13.5. The summed E-state index contributed by atoms with van der Waals surface area (Å²) >= 11 is 7.82. The molecule has 1 amide bonds. The number of nitrogens with one attached hydrogen (secondary N) is 1. The lowest BCUT2D eigenvalue weighted by atomic mass is 10.2. The van der Waals surface area contributed by atoms with Crippen LogP contribution in [-0.2, 0) is 14.8 Å². The number of halogens is 1. The molecular formula is C20H25ClN2O3S2. The predicted octanol–water partition coefficient (Wildman–Crippen LogP) is 4.02. The highest BCUT2D eigenvalue weighted by molar-refractivity contribution is 7.99. The minimum absolute atomic E-state index is 0.273. The summed E-state index contributed by atoms with van der Waals surface area (Å²) in [5.74, 6) is 0.525. The minimum atomic E-state index is -3.62. The number of amides is 1. The molecule has 0 radical (unpaired) electrons. The number of rotatable bonds is 9. The van der Waals surface area contributed by atoms with Gasteiger partial charge in [0.05, 0.1) is 11.9 Å². The van der Waals surface area contributed by atoms with Gasteiger partial charge in [0.25, 0.3) is 0 Å². The zero-order chi connectivity index (χ0) is 20.7. The van der Waals surface area contributed by atoms with Crippen molar-refractivity contribution in [1.82, 2.24) is 5.32 Å². The quantitative estimate of drug-likeness (QED) is 0.472. The second kappa shape index (κ2) is 10.2. The van der Waals surface area contributed by atoms with Gasteiger partial charge in [0.1, 0.15) is 6.54 Å². The Balaban J connectivity index is 1.87. The fraction of sp³-hybridized carbons (Fsp3) is 0.350. The Kier molecular flexibility index (Phi) is 8.22. The van der Waals surface area contributed by atoms with Crippen LogP contribution in [0.2, 0.25) is 5.02 Å². The lowest BCUT2D eigenvalue weighted by Gasteiger charge is -2.24. The third-order valence-corrected chi connectivity index (χ3v) is 6.76. The van der Waals surface area contributed by atoms with Crippen molar-refractivity contribution >= 4 is 45.0 Å². The van der Waals surface area contributed by atoms with Crippen molar-refractivity contribution in [3.63, 3.8) is 0 Å². The third kappa shape index (κ3) is 6.72. The van der Waals surface area contributed by atoms with E-state index in [4.69, 9.17) is 11.6 Å². The Labute approximate surface area is 176 Å². The van der Waals surface area contributed by atoms with Crippen LogP contribution in [0.25, 0.3) is 0 Å². The first kappa shape index (κ1) is 22.6. The highest BCUT2D eigenvalue weighted by Crippen LogP contribution is 2.28. The Morgan fingerprint density at radius 1 is 1.14 bits per heavy atom. The fourth-order valence-electron chi connectivity index (χ4n) is 2.56. The van der Waals surface area contributed by atoms with Crippen LogP contribution in [0, 0.1) is 13.8 Å². The van der Waals surface area contributed by atoms with Crippen LogP contribution in [0.4, 0.5) is 5.69 Å². The first-order chi connectivity index (χ1) is 13.2. The topological polar surface area (TPSA) is 66.5 Å². The number of aryl methyl sites for hydroxylation is 1. The van der Waals surface area contributed by atoms with Crippen LogP contribution in [0.1, 0.15) is 17.5 Å². The van der Waals surface area contributed by atoms with Crippen LogP contribution >= 0.6 is 23.4 Å². The number of hydrogen-bond donors (Lipinski definition) is 1. The van der Waals surface area contributed by atoms with Crippen molar-refractivity contribution in [2.45, 2.75) is 25.2 Å². The van der Waals surface area contributed by atoms with Crippen molar-refractivity contribution in [1.29, 1.82) is 0 Å². The van der Waals surface area contributed by atoms with E-state index in [0.717, 1.165) is 22.7 Å². The van der Waals surface area contributed by atoms with Gasteiger partial charge >= 0.3 is 0 Å². The number of hydrogen-bond acceptors (Lipinski definition) is 4. The molecule has 152 valence electrons. The van der Waals surface area contributed by atoms with Gasteiger partial charge in [-0.05, 0) is 55.9 Å². The van der Waals surface area contributed by atoms with E-state index >= 15 is 0 Å². The second-order valence-corrected chi connectivity index (χ2v) is 10.0. The van der Waals surface area contributed by atoms with E-state index in [9.17, 15) is 13.2 Å². The van der Waals surface area contributed by atoms with E-state index in [1.54, 1.807) is 36.9 Å². The van der Waals surface area contributed by atoms with Crippen molar-refractivity contribution in [2.24, 2.45) is 0 Å². The third-order valence-electron chi connectivity index (χ3n) is 4.13. The monoisotopic (exact) mass is 440 g/mol. The maximum atomic E-state index is 12.3. The molecule has 0 aliphatic rings.